The Kier molecular flexibility index (Phi) is 8.61. The summed E-state index contributed by atoms with van der Waals surface area (Å²) in [5.74, 6) is -2.98. The highest BCUT2D eigenvalue weighted by Gasteiger charge is 2.47. The van der Waals surface area contributed by atoms with Crippen LogP contribution in [-0.2, 0) is 35.3 Å². The number of carbonyl (C=O) groups excluding carboxylic acids is 4. The summed E-state index contributed by atoms with van der Waals surface area (Å²) in [5.41, 5.74) is 2.75. The van der Waals surface area contributed by atoms with Crippen molar-refractivity contribution < 1.29 is 28.9 Å². The van der Waals surface area contributed by atoms with E-state index >= 15 is 0 Å². The minimum absolute atomic E-state index is 0.00259. The minimum atomic E-state index is -1.78. The van der Waals surface area contributed by atoms with E-state index in [0.29, 0.717) is 0 Å². The van der Waals surface area contributed by atoms with Gasteiger partial charge in [0.1, 0.15) is 0 Å². The van der Waals surface area contributed by atoms with Gasteiger partial charge in [-0.1, -0.05) is 56.7 Å². The third-order valence-electron chi connectivity index (χ3n) is 7.35. The summed E-state index contributed by atoms with van der Waals surface area (Å²) in [6.07, 6.45) is 9.02. The van der Waals surface area contributed by atoms with Crippen molar-refractivity contribution >= 4 is 45.2 Å². The molecular weight excluding hydrogens is 480 g/mol. The molecule has 4 rings (SSSR count). The first-order valence-corrected chi connectivity index (χ1v) is 13.7. The van der Waals surface area contributed by atoms with Gasteiger partial charge >= 0.3 is 11.9 Å². The quantitative estimate of drug-likeness (QED) is 0.425. The van der Waals surface area contributed by atoms with Crippen LogP contribution in [0.4, 0.5) is 0 Å². The molecule has 36 heavy (non-hydrogen) atoms. The molecule has 0 radical (unpaired) electrons. The summed E-state index contributed by atoms with van der Waals surface area (Å²) in [6, 6.07) is 9.68. The van der Waals surface area contributed by atoms with Gasteiger partial charge in [0.25, 0.3) is 11.8 Å². The predicted molar refractivity (Wildman–Crippen MR) is 135 cm³/mol. The molecule has 8 nitrogen and oxygen atoms in total. The molecule has 2 saturated carbocycles. The number of nitrogens with one attached hydrogen (secondary N) is 2. The van der Waals surface area contributed by atoms with Crippen LogP contribution in [0.2, 0.25) is 0 Å². The average molecular weight is 515 g/mol. The van der Waals surface area contributed by atoms with Crippen molar-refractivity contribution in [2.75, 3.05) is 0 Å². The van der Waals surface area contributed by atoms with E-state index in [1.165, 1.54) is 18.3 Å². The lowest BCUT2D eigenvalue weighted by Crippen LogP contribution is -2.47. The molecule has 9 heteroatoms. The Hall–Kier alpha value is -2.94. The molecule has 1 heterocycles. The second kappa shape index (κ2) is 11.9. The van der Waals surface area contributed by atoms with Crippen LogP contribution in [0.25, 0.3) is 10.1 Å². The van der Waals surface area contributed by atoms with Crippen LogP contribution in [0.15, 0.2) is 30.3 Å². The molecule has 1 aromatic carbocycles. The van der Waals surface area contributed by atoms with Gasteiger partial charge in [-0.15, -0.1) is 11.3 Å². The normalized spacial score (nSPS) is 17.4. The molecule has 194 valence electrons. The van der Waals surface area contributed by atoms with Crippen molar-refractivity contribution in [2.24, 2.45) is 17.3 Å². The maximum absolute atomic E-state index is 13.2. The third kappa shape index (κ3) is 6.24. The van der Waals surface area contributed by atoms with Gasteiger partial charge in [0.05, 0.1) is 0 Å². The predicted octanol–water partition coefficient (Wildman–Crippen LogP) is 4.76. The Labute approximate surface area is 215 Å². The van der Waals surface area contributed by atoms with Crippen LogP contribution in [0.5, 0.6) is 0 Å². The molecule has 2 aliphatic carbocycles. The van der Waals surface area contributed by atoms with Gasteiger partial charge in [0.2, 0.25) is 0 Å². The van der Waals surface area contributed by atoms with Crippen LogP contribution < -0.4 is 11.0 Å². The summed E-state index contributed by atoms with van der Waals surface area (Å²) in [4.78, 5) is 62.6. The van der Waals surface area contributed by atoms with E-state index in [-0.39, 0.29) is 30.1 Å². The lowest BCUT2D eigenvalue weighted by molar-refractivity contribution is -0.184. The number of hydrogen-bond donors (Lipinski definition) is 2. The second-order valence-electron chi connectivity index (χ2n) is 10.1. The maximum Gasteiger partial charge on any atom is 0.349 e. The monoisotopic (exact) mass is 514 g/mol. The van der Waals surface area contributed by atoms with Crippen LogP contribution in [0, 0.1) is 17.3 Å². The number of rotatable bonds is 6. The number of fused-ring (bicyclic) bond motifs is 1. The molecule has 2 aliphatic rings. The van der Waals surface area contributed by atoms with Crippen LogP contribution >= 0.6 is 11.3 Å². The highest BCUT2D eigenvalue weighted by atomic mass is 32.1. The number of hydroxylamine groups is 2. The molecule has 1 aromatic heterocycles. The second-order valence-corrected chi connectivity index (χ2v) is 11.3. The van der Waals surface area contributed by atoms with E-state index in [1.54, 1.807) is 0 Å². The zero-order chi connectivity index (χ0) is 25.5. The number of amides is 2. The standard InChI is InChI=1S/C27H34N2O6S/c1-27(17-21-16-20-14-8-9-15-22(20)36-21,25(32)34-28-23(30)18-10-4-2-5-11-18)26(33)35-29-24(31)19-12-6-3-7-13-19/h8-9,14-16,18-19H,2-7,10-13,17H2,1H3,(H,28,30)(H,29,31). The Balaban J connectivity index is 1.46. The molecule has 0 bridgehead atoms. The molecule has 2 N–H and O–H groups in total. The number of thiophene rings is 1. The summed E-state index contributed by atoms with van der Waals surface area (Å²) in [6.45, 7) is 1.42. The van der Waals surface area contributed by atoms with Gasteiger partial charge in [-0.05, 0) is 50.1 Å². The van der Waals surface area contributed by atoms with Crippen molar-refractivity contribution in [2.45, 2.75) is 77.6 Å². The first kappa shape index (κ1) is 26.1. The number of benzene rings is 1. The van der Waals surface area contributed by atoms with Crippen molar-refractivity contribution in [3.8, 4) is 0 Å². The first-order valence-electron chi connectivity index (χ1n) is 12.9. The zero-order valence-electron chi connectivity index (χ0n) is 20.7. The van der Waals surface area contributed by atoms with E-state index in [2.05, 4.69) is 11.0 Å². The average Bonchev–Trinajstić information content (AvgIpc) is 3.32. The summed E-state index contributed by atoms with van der Waals surface area (Å²) >= 11 is 1.46. The fraction of sp³-hybridized carbons (Fsp3) is 0.556. The Morgan fingerprint density at radius 1 is 0.833 bits per heavy atom. The maximum atomic E-state index is 13.2. The molecule has 0 atom stereocenters. The molecule has 0 aliphatic heterocycles. The Bertz CT molecular complexity index is 1020. The molecule has 2 aromatic rings. The summed E-state index contributed by atoms with van der Waals surface area (Å²) < 4.78 is 1.02. The number of carbonyl (C=O) groups is 4. The third-order valence-corrected chi connectivity index (χ3v) is 8.46. The summed E-state index contributed by atoms with van der Waals surface area (Å²) in [7, 11) is 0. The van der Waals surface area contributed by atoms with Gasteiger partial charge in [-0.3, -0.25) is 9.59 Å². The Morgan fingerprint density at radius 2 is 1.33 bits per heavy atom. The number of hydrogen-bond acceptors (Lipinski definition) is 7. The van der Waals surface area contributed by atoms with Crippen molar-refractivity contribution in [3.05, 3.63) is 35.2 Å². The van der Waals surface area contributed by atoms with Crippen molar-refractivity contribution in [3.63, 3.8) is 0 Å². The fourth-order valence-corrected chi connectivity index (χ4v) is 6.24. The fourth-order valence-electron chi connectivity index (χ4n) is 5.01. The topological polar surface area (TPSA) is 111 Å². The van der Waals surface area contributed by atoms with Crippen LogP contribution in [-0.4, -0.2) is 23.8 Å². The molecule has 2 amide bonds. The van der Waals surface area contributed by atoms with E-state index in [4.69, 9.17) is 9.68 Å². The highest BCUT2D eigenvalue weighted by molar-refractivity contribution is 7.19. The molecule has 0 spiro atoms. The van der Waals surface area contributed by atoms with Crippen molar-refractivity contribution in [1.29, 1.82) is 0 Å². The molecule has 0 saturated heterocycles. The van der Waals surface area contributed by atoms with Crippen LogP contribution in [0.3, 0.4) is 0 Å². The Morgan fingerprint density at radius 3 is 1.83 bits per heavy atom. The zero-order valence-corrected chi connectivity index (χ0v) is 21.5. The highest BCUT2D eigenvalue weighted by Crippen LogP contribution is 2.33. The lowest BCUT2D eigenvalue weighted by atomic mass is 9.86. The van der Waals surface area contributed by atoms with E-state index < -0.39 is 17.4 Å². The molecule has 2 fully saturated rings. The van der Waals surface area contributed by atoms with Crippen molar-refractivity contribution in [1.82, 2.24) is 11.0 Å². The largest absolute Gasteiger partial charge is 0.349 e. The van der Waals surface area contributed by atoms with Gasteiger partial charge in [0, 0.05) is 27.8 Å². The van der Waals surface area contributed by atoms with Gasteiger partial charge in [0.15, 0.2) is 5.41 Å². The lowest BCUT2D eigenvalue weighted by Gasteiger charge is -2.26. The SMILES string of the molecule is CC(Cc1cc2ccccc2s1)(C(=O)ONC(=O)C1CCCCC1)C(=O)ONC(=O)C1CCCCC1. The molecule has 0 unspecified atom stereocenters. The van der Waals surface area contributed by atoms with Gasteiger partial charge < -0.3 is 9.68 Å². The van der Waals surface area contributed by atoms with E-state index in [9.17, 15) is 19.2 Å². The van der Waals surface area contributed by atoms with Gasteiger partial charge in [-0.25, -0.2) is 9.59 Å². The minimum Gasteiger partial charge on any atom is -0.339 e. The van der Waals surface area contributed by atoms with E-state index in [0.717, 1.165) is 79.2 Å². The van der Waals surface area contributed by atoms with Gasteiger partial charge in [-0.2, -0.15) is 11.0 Å². The van der Waals surface area contributed by atoms with Crippen LogP contribution in [0.1, 0.15) is 76.0 Å². The summed E-state index contributed by atoms with van der Waals surface area (Å²) in [5, 5.41) is 0.998. The first-order chi connectivity index (χ1) is 17.4. The smallest absolute Gasteiger partial charge is 0.339 e. The van der Waals surface area contributed by atoms with E-state index in [1.807, 2.05) is 30.3 Å². The molecular formula is C27H34N2O6S.